The zero-order valence-electron chi connectivity index (χ0n) is 8.32. The van der Waals surface area contributed by atoms with Crippen LogP contribution in [-0.4, -0.2) is 23.2 Å². The number of phenols is 2. The van der Waals surface area contributed by atoms with Crippen molar-refractivity contribution in [2.24, 2.45) is 0 Å². The van der Waals surface area contributed by atoms with Gasteiger partial charge in [-0.3, -0.25) is 0 Å². The predicted octanol–water partition coefficient (Wildman–Crippen LogP) is -2.45. The van der Waals surface area contributed by atoms with Gasteiger partial charge in [-0.15, -0.1) is 0 Å². The molecule has 0 heterocycles. The summed E-state index contributed by atoms with van der Waals surface area (Å²) in [5.74, 6) is -0.661. The quantitative estimate of drug-likeness (QED) is 0.204. The largest absolute Gasteiger partial charge is 1.00 e. The first-order chi connectivity index (χ1) is 6.88. The molecular weight excluding hydrogens is 247 g/mol. The monoisotopic (exact) mass is 254 g/mol. The van der Waals surface area contributed by atoms with Gasteiger partial charge in [0.15, 0.2) is 11.5 Å². The van der Waals surface area contributed by atoms with Gasteiger partial charge in [-0.05, 0) is 23.8 Å². The van der Waals surface area contributed by atoms with Gasteiger partial charge in [-0.1, -0.05) is 6.07 Å². The second kappa shape index (κ2) is 6.12. The summed E-state index contributed by atoms with van der Waals surface area (Å²) in [4.78, 5) is 0. The van der Waals surface area contributed by atoms with E-state index in [9.17, 15) is 13.0 Å². The van der Waals surface area contributed by atoms with E-state index in [2.05, 4.69) is 4.18 Å². The van der Waals surface area contributed by atoms with Crippen LogP contribution in [0, 0.1) is 0 Å². The normalized spacial score (nSPS) is 11.1. The van der Waals surface area contributed by atoms with Crippen LogP contribution in [0.2, 0.25) is 0 Å². The molecular formula is C8H7NaO6S. The maximum atomic E-state index is 10.0. The molecule has 0 amide bonds. The Labute approximate surface area is 114 Å². The van der Waals surface area contributed by atoms with Crippen LogP contribution in [0.4, 0.5) is 0 Å². The number of aromatic hydroxyl groups is 2. The molecule has 16 heavy (non-hydrogen) atoms. The summed E-state index contributed by atoms with van der Waals surface area (Å²) in [7, 11) is -4.76. The first kappa shape index (κ1) is 15.3. The molecule has 0 unspecified atom stereocenters. The van der Waals surface area contributed by atoms with Gasteiger partial charge in [0.1, 0.15) is 6.26 Å². The van der Waals surface area contributed by atoms with Gasteiger partial charge in [0.2, 0.25) is 0 Å². The number of rotatable bonds is 3. The van der Waals surface area contributed by atoms with Crippen LogP contribution in [0.5, 0.6) is 11.5 Å². The van der Waals surface area contributed by atoms with Crippen LogP contribution in [0.25, 0.3) is 6.08 Å². The number of hydrogen-bond donors (Lipinski definition) is 2. The molecule has 0 fully saturated rings. The van der Waals surface area contributed by atoms with Gasteiger partial charge in [0, 0.05) is 0 Å². The Balaban J connectivity index is 0.00000225. The molecule has 1 aromatic carbocycles. The maximum Gasteiger partial charge on any atom is 1.00 e. The fourth-order valence-corrected chi connectivity index (χ4v) is 1.01. The second-order valence-electron chi connectivity index (χ2n) is 2.56. The average molecular weight is 254 g/mol. The first-order valence-corrected chi connectivity index (χ1v) is 5.04. The van der Waals surface area contributed by atoms with Crippen LogP contribution in [0.15, 0.2) is 24.5 Å². The molecule has 0 atom stereocenters. The first-order valence-electron chi connectivity index (χ1n) is 3.71. The topological polar surface area (TPSA) is 107 Å². The third-order valence-corrected chi connectivity index (χ3v) is 1.78. The SMILES string of the molecule is O=S(=O)([O-])O/C=C/c1ccc(O)c(O)c1.[Na+]. The fourth-order valence-electron chi connectivity index (χ4n) is 0.819. The van der Waals surface area contributed by atoms with Crippen LogP contribution in [0.1, 0.15) is 5.56 Å². The summed E-state index contributed by atoms with van der Waals surface area (Å²) in [6, 6.07) is 3.78. The summed E-state index contributed by atoms with van der Waals surface area (Å²) in [5, 5.41) is 18.0. The standard InChI is InChI=1S/C8H8O6S.Na/c9-7-2-1-6(5-8(7)10)3-4-14-15(11,12)13;/h1-5,9-10H,(H,11,12,13);/q;+1/p-1/b4-3+;. The Kier molecular flexibility index (Phi) is 5.84. The van der Waals surface area contributed by atoms with Gasteiger partial charge in [0.25, 0.3) is 10.4 Å². The smallest absolute Gasteiger partial charge is 0.716 e. The van der Waals surface area contributed by atoms with Crippen molar-refractivity contribution >= 4 is 16.5 Å². The van der Waals surface area contributed by atoms with E-state index >= 15 is 0 Å². The molecule has 82 valence electrons. The van der Waals surface area contributed by atoms with Gasteiger partial charge in [0.05, 0.1) is 0 Å². The van der Waals surface area contributed by atoms with Crippen molar-refractivity contribution in [2.45, 2.75) is 0 Å². The Bertz CT molecular complexity index is 481. The molecule has 2 N–H and O–H groups in total. The maximum absolute atomic E-state index is 10.0. The zero-order chi connectivity index (χ0) is 11.5. The summed E-state index contributed by atoms with van der Waals surface area (Å²) in [5.41, 5.74) is 0.369. The van der Waals surface area contributed by atoms with E-state index in [1.807, 2.05) is 0 Å². The number of hydrogen-bond acceptors (Lipinski definition) is 6. The fraction of sp³-hybridized carbons (Fsp3) is 0. The molecule has 0 radical (unpaired) electrons. The zero-order valence-corrected chi connectivity index (χ0v) is 11.1. The van der Waals surface area contributed by atoms with E-state index in [0.717, 1.165) is 6.08 Å². The molecule has 0 aromatic heterocycles. The van der Waals surface area contributed by atoms with E-state index in [4.69, 9.17) is 10.2 Å². The Morgan fingerprint density at radius 3 is 2.38 bits per heavy atom. The van der Waals surface area contributed by atoms with Crippen LogP contribution >= 0.6 is 0 Å². The molecule has 0 aliphatic carbocycles. The van der Waals surface area contributed by atoms with Crippen molar-refractivity contribution in [1.29, 1.82) is 0 Å². The molecule has 0 bridgehead atoms. The van der Waals surface area contributed by atoms with Crippen molar-refractivity contribution in [1.82, 2.24) is 0 Å². The third-order valence-electron chi connectivity index (χ3n) is 1.43. The molecule has 1 aromatic rings. The molecule has 0 saturated carbocycles. The van der Waals surface area contributed by atoms with Crippen molar-refractivity contribution in [3.63, 3.8) is 0 Å². The van der Waals surface area contributed by atoms with Crippen molar-refractivity contribution in [3.05, 3.63) is 30.0 Å². The second-order valence-corrected chi connectivity index (χ2v) is 3.56. The van der Waals surface area contributed by atoms with Crippen LogP contribution in [0.3, 0.4) is 0 Å². The minimum Gasteiger partial charge on any atom is -0.716 e. The van der Waals surface area contributed by atoms with Gasteiger partial charge >= 0.3 is 29.6 Å². The van der Waals surface area contributed by atoms with E-state index in [1.54, 1.807) is 0 Å². The summed E-state index contributed by atoms with van der Waals surface area (Å²) in [6.07, 6.45) is 1.82. The number of benzene rings is 1. The summed E-state index contributed by atoms with van der Waals surface area (Å²) in [6.45, 7) is 0. The van der Waals surface area contributed by atoms with Crippen LogP contribution in [-0.2, 0) is 14.6 Å². The minimum atomic E-state index is -4.76. The van der Waals surface area contributed by atoms with E-state index < -0.39 is 10.4 Å². The third kappa shape index (κ3) is 5.38. The van der Waals surface area contributed by atoms with E-state index in [-0.39, 0.29) is 41.1 Å². The Morgan fingerprint density at radius 2 is 1.88 bits per heavy atom. The Hall–Kier alpha value is -0.730. The summed E-state index contributed by atoms with van der Waals surface area (Å²) >= 11 is 0. The molecule has 8 heteroatoms. The molecule has 6 nitrogen and oxygen atoms in total. The van der Waals surface area contributed by atoms with Gasteiger partial charge in [-0.25, -0.2) is 8.42 Å². The van der Waals surface area contributed by atoms with Crippen molar-refractivity contribution < 1.29 is 56.9 Å². The van der Waals surface area contributed by atoms with Crippen molar-refractivity contribution in [2.75, 3.05) is 0 Å². The molecule has 0 spiro atoms. The summed E-state index contributed by atoms with van der Waals surface area (Å²) < 4.78 is 33.9. The van der Waals surface area contributed by atoms with Crippen LogP contribution < -0.4 is 29.6 Å². The van der Waals surface area contributed by atoms with Crippen molar-refractivity contribution in [3.8, 4) is 11.5 Å². The molecule has 1 rings (SSSR count). The average Bonchev–Trinajstić information content (AvgIpc) is 2.09. The van der Waals surface area contributed by atoms with E-state index in [0.29, 0.717) is 11.8 Å². The van der Waals surface area contributed by atoms with Gasteiger partial charge in [-0.2, -0.15) is 0 Å². The molecule has 0 aliphatic heterocycles. The van der Waals surface area contributed by atoms with E-state index in [1.165, 1.54) is 18.2 Å². The number of phenolic OH excluding ortho intramolecular Hbond substituents is 2. The molecule has 0 aliphatic rings. The molecule has 0 saturated heterocycles. The minimum absolute atomic E-state index is 0. The van der Waals surface area contributed by atoms with Gasteiger partial charge < -0.3 is 18.9 Å². The Morgan fingerprint density at radius 1 is 1.25 bits per heavy atom. The predicted molar refractivity (Wildman–Crippen MR) is 49.6 cm³/mol.